The van der Waals surface area contributed by atoms with Gasteiger partial charge in [0.25, 0.3) is 0 Å². The highest BCUT2D eigenvalue weighted by Crippen LogP contribution is 2.44. The summed E-state index contributed by atoms with van der Waals surface area (Å²) in [5.74, 6) is -1.63. The SMILES string of the molecule is O=C(CC1(NC(=O)OCC2c3ccccc3-c3ccccc32)CC1)NC1CCCCCC1C(=O)O. The molecule has 0 radical (unpaired) electrons. The van der Waals surface area contributed by atoms with Crippen LogP contribution in [0.15, 0.2) is 48.5 Å². The fourth-order valence-corrected chi connectivity index (χ4v) is 5.69. The molecule has 184 valence electrons. The second kappa shape index (κ2) is 9.72. The van der Waals surface area contributed by atoms with Crippen molar-refractivity contribution >= 4 is 18.0 Å². The Kier molecular flexibility index (Phi) is 6.50. The van der Waals surface area contributed by atoms with Gasteiger partial charge in [-0.15, -0.1) is 0 Å². The Morgan fingerprint density at radius 3 is 2.17 bits per heavy atom. The Morgan fingerprint density at radius 2 is 1.54 bits per heavy atom. The minimum atomic E-state index is -0.852. The summed E-state index contributed by atoms with van der Waals surface area (Å²) in [6.45, 7) is 0.227. The molecule has 0 aromatic heterocycles. The molecule has 3 N–H and O–H groups in total. The average molecular weight is 477 g/mol. The van der Waals surface area contributed by atoms with Crippen molar-refractivity contribution < 1.29 is 24.2 Å². The van der Waals surface area contributed by atoms with Crippen LogP contribution >= 0.6 is 0 Å². The number of nitrogens with one attached hydrogen (secondary N) is 2. The first-order chi connectivity index (χ1) is 17.0. The molecule has 2 aromatic rings. The molecule has 0 saturated heterocycles. The van der Waals surface area contributed by atoms with E-state index in [4.69, 9.17) is 4.74 Å². The van der Waals surface area contributed by atoms with Crippen molar-refractivity contribution in [1.29, 1.82) is 0 Å². The highest BCUT2D eigenvalue weighted by Gasteiger charge is 2.47. The van der Waals surface area contributed by atoms with E-state index in [0.717, 1.165) is 30.4 Å². The van der Waals surface area contributed by atoms with Crippen molar-refractivity contribution in [1.82, 2.24) is 10.6 Å². The topological polar surface area (TPSA) is 105 Å². The Bertz CT molecular complexity index is 1080. The normalized spacial score (nSPS) is 22.3. The molecule has 7 nitrogen and oxygen atoms in total. The summed E-state index contributed by atoms with van der Waals surface area (Å²) in [6, 6.07) is 16.0. The summed E-state index contributed by atoms with van der Waals surface area (Å²) in [7, 11) is 0. The van der Waals surface area contributed by atoms with E-state index in [9.17, 15) is 19.5 Å². The van der Waals surface area contributed by atoms with Crippen LogP contribution in [0.3, 0.4) is 0 Å². The number of benzene rings is 2. The van der Waals surface area contributed by atoms with Gasteiger partial charge in [-0.3, -0.25) is 9.59 Å². The monoisotopic (exact) mass is 476 g/mol. The number of hydrogen-bond donors (Lipinski definition) is 3. The van der Waals surface area contributed by atoms with Crippen LogP contribution in [-0.2, 0) is 14.3 Å². The molecule has 3 aliphatic rings. The fourth-order valence-electron chi connectivity index (χ4n) is 5.69. The van der Waals surface area contributed by atoms with Gasteiger partial charge in [0.2, 0.25) is 5.91 Å². The third kappa shape index (κ3) is 5.04. The molecule has 5 rings (SSSR count). The Morgan fingerprint density at radius 1 is 0.914 bits per heavy atom. The molecule has 2 atom stereocenters. The number of carboxylic acid groups (broad SMARTS) is 1. The number of alkyl carbamates (subject to hydrolysis) is 1. The number of carbonyl (C=O) groups excluding carboxylic acids is 2. The van der Waals surface area contributed by atoms with Gasteiger partial charge in [-0.05, 0) is 47.9 Å². The lowest BCUT2D eigenvalue weighted by Crippen LogP contribution is -2.46. The molecule has 2 aromatic carbocycles. The third-order valence-electron chi connectivity index (χ3n) is 7.74. The minimum absolute atomic E-state index is 0.0187. The molecule has 7 heteroatoms. The van der Waals surface area contributed by atoms with Gasteiger partial charge in [-0.1, -0.05) is 67.8 Å². The Hall–Kier alpha value is -3.35. The minimum Gasteiger partial charge on any atom is -0.481 e. The third-order valence-corrected chi connectivity index (χ3v) is 7.74. The smallest absolute Gasteiger partial charge is 0.407 e. The second-order valence-electron chi connectivity index (χ2n) is 10.2. The Labute approximate surface area is 205 Å². The lowest BCUT2D eigenvalue weighted by atomic mass is 9.94. The lowest BCUT2D eigenvalue weighted by molar-refractivity contribution is -0.143. The molecular formula is C28H32N2O5. The highest BCUT2D eigenvalue weighted by molar-refractivity contribution is 5.81. The molecule has 2 saturated carbocycles. The number of carboxylic acids is 1. The predicted molar refractivity (Wildman–Crippen MR) is 131 cm³/mol. The standard InChI is InChI=1S/C28H32N2O5/c31-25(29-24-13-3-1-2-12-22(24)26(32)33)16-28(14-15-28)30-27(34)35-17-23-20-10-6-4-8-18(20)19-9-5-7-11-21(19)23/h4-11,22-24H,1-3,12-17H2,(H,29,31)(H,30,34)(H,32,33). The van der Waals surface area contributed by atoms with Crippen LogP contribution in [0.2, 0.25) is 0 Å². The van der Waals surface area contributed by atoms with E-state index >= 15 is 0 Å². The predicted octanol–water partition coefficient (Wildman–Crippen LogP) is 4.60. The molecule has 2 fully saturated rings. The molecule has 0 heterocycles. The van der Waals surface area contributed by atoms with Crippen LogP contribution in [0, 0.1) is 5.92 Å². The summed E-state index contributed by atoms with van der Waals surface area (Å²) in [4.78, 5) is 37.1. The van der Waals surface area contributed by atoms with Crippen molar-refractivity contribution in [2.24, 2.45) is 5.92 Å². The van der Waals surface area contributed by atoms with Gasteiger partial charge in [0, 0.05) is 18.4 Å². The fraction of sp³-hybridized carbons (Fsp3) is 0.464. The van der Waals surface area contributed by atoms with Crippen molar-refractivity contribution in [3.05, 3.63) is 59.7 Å². The summed E-state index contributed by atoms with van der Waals surface area (Å²) >= 11 is 0. The van der Waals surface area contributed by atoms with Crippen LogP contribution < -0.4 is 10.6 Å². The van der Waals surface area contributed by atoms with Gasteiger partial charge in [0.1, 0.15) is 6.61 Å². The number of rotatable bonds is 7. The molecule has 2 unspecified atom stereocenters. The first-order valence-corrected chi connectivity index (χ1v) is 12.6. The Balaban J connectivity index is 1.16. The maximum absolute atomic E-state index is 12.8. The number of hydrogen-bond acceptors (Lipinski definition) is 4. The number of amides is 2. The van der Waals surface area contributed by atoms with Gasteiger partial charge in [-0.25, -0.2) is 4.79 Å². The maximum atomic E-state index is 12.8. The summed E-state index contributed by atoms with van der Waals surface area (Å²) in [5.41, 5.74) is 4.05. The lowest BCUT2D eigenvalue weighted by Gasteiger charge is -2.24. The number of ether oxygens (including phenoxy) is 1. The molecule has 0 bridgehead atoms. The van der Waals surface area contributed by atoms with Crippen LogP contribution in [-0.4, -0.2) is 41.3 Å². The first-order valence-electron chi connectivity index (χ1n) is 12.6. The molecule has 0 spiro atoms. The van der Waals surface area contributed by atoms with Crippen molar-refractivity contribution in [2.75, 3.05) is 6.61 Å². The summed E-state index contributed by atoms with van der Waals surface area (Å²) in [6.07, 6.45) is 5.07. The van der Waals surface area contributed by atoms with Gasteiger partial charge in [0.05, 0.1) is 11.5 Å². The number of aliphatic carboxylic acids is 1. The van der Waals surface area contributed by atoms with Gasteiger partial charge < -0.3 is 20.5 Å². The van der Waals surface area contributed by atoms with Crippen molar-refractivity contribution in [3.8, 4) is 11.1 Å². The molecule has 35 heavy (non-hydrogen) atoms. The first kappa shape index (κ1) is 23.4. The second-order valence-corrected chi connectivity index (χ2v) is 10.2. The van der Waals surface area contributed by atoms with E-state index < -0.39 is 23.5 Å². The van der Waals surface area contributed by atoms with E-state index in [2.05, 4.69) is 34.9 Å². The van der Waals surface area contributed by atoms with Crippen molar-refractivity contribution in [2.45, 2.75) is 68.9 Å². The zero-order valence-corrected chi connectivity index (χ0v) is 19.8. The number of carbonyl (C=O) groups is 3. The van der Waals surface area contributed by atoms with Crippen LogP contribution in [0.5, 0.6) is 0 Å². The van der Waals surface area contributed by atoms with Crippen molar-refractivity contribution in [3.63, 3.8) is 0 Å². The summed E-state index contributed by atoms with van der Waals surface area (Å²) < 4.78 is 5.65. The zero-order chi connectivity index (χ0) is 24.4. The van der Waals surface area contributed by atoms with E-state index in [1.165, 1.54) is 11.1 Å². The number of fused-ring (bicyclic) bond motifs is 3. The molecule has 3 aliphatic carbocycles. The largest absolute Gasteiger partial charge is 0.481 e. The molecule has 2 amide bonds. The van der Waals surface area contributed by atoms with Crippen LogP contribution in [0.4, 0.5) is 4.79 Å². The van der Waals surface area contributed by atoms with Crippen LogP contribution in [0.25, 0.3) is 11.1 Å². The van der Waals surface area contributed by atoms with E-state index in [1.807, 2.05) is 24.3 Å². The average Bonchev–Trinajstić information content (AvgIpc) is 3.56. The van der Waals surface area contributed by atoms with Crippen LogP contribution in [0.1, 0.15) is 68.4 Å². The van der Waals surface area contributed by atoms with Gasteiger partial charge >= 0.3 is 12.1 Å². The van der Waals surface area contributed by atoms with Gasteiger partial charge in [-0.2, -0.15) is 0 Å². The summed E-state index contributed by atoms with van der Waals surface area (Å²) in [5, 5.41) is 15.4. The highest BCUT2D eigenvalue weighted by atomic mass is 16.5. The van der Waals surface area contributed by atoms with E-state index in [-0.39, 0.29) is 30.9 Å². The van der Waals surface area contributed by atoms with Gasteiger partial charge in [0.15, 0.2) is 0 Å². The maximum Gasteiger partial charge on any atom is 0.407 e. The molecule has 0 aliphatic heterocycles. The molecular weight excluding hydrogens is 444 g/mol. The van der Waals surface area contributed by atoms with E-state index in [1.54, 1.807) is 0 Å². The zero-order valence-electron chi connectivity index (χ0n) is 19.8. The van der Waals surface area contributed by atoms with E-state index in [0.29, 0.717) is 25.7 Å². The quantitative estimate of drug-likeness (QED) is 0.507.